The molecule has 0 radical (unpaired) electrons. The Kier molecular flexibility index (Phi) is 6.34. The third-order valence-corrected chi connectivity index (χ3v) is 4.36. The molecule has 0 atom stereocenters. The van der Waals surface area contributed by atoms with E-state index < -0.39 is 5.97 Å². The van der Waals surface area contributed by atoms with Crippen LogP contribution in [0.3, 0.4) is 0 Å². The van der Waals surface area contributed by atoms with Crippen molar-refractivity contribution >= 4 is 29.2 Å². The summed E-state index contributed by atoms with van der Waals surface area (Å²) in [5.74, 6) is -0.191. The molecule has 0 spiro atoms. The predicted molar refractivity (Wildman–Crippen MR) is 111 cm³/mol. The zero-order valence-electron chi connectivity index (χ0n) is 16.4. The summed E-state index contributed by atoms with van der Waals surface area (Å²) in [5.41, 5.74) is 2.28. The van der Waals surface area contributed by atoms with Gasteiger partial charge in [0.05, 0.1) is 12.2 Å². The average molecular weight is 413 g/mol. The lowest BCUT2D eigenvalue weighted by Crippen LogP contribution is -2.14. The van der Waals surface area contributed by atoms with Crippen LogP contribution >= 0.6 is 11.6 Å². The second-order valence-corrected chi connectivity index (χ2v) is 7.43. The van der Waals surface area contributed by atoms with Crippen LogP contribution in [0.2, 0.25) is 5.02 Å². The van der Waals surface area contributed by atoms with E-state index >= 15 is 0 Å². The van der Waals surface area contributed by atoms with Crippen LogP contribution in [0.1, 0.15) is 40.3 Å². The number of esters is 1. The second kappa shape index (κ2) is 8.92. The maximum absolute atomic E-state index is 12.9. The monoisotopic (exact) mass is 412 g/mol. The number of aryl methyl sites for hydroxylation is 1. The molecule has 1 aromatic heterocycles. The summed E-state index contributed by atoms with van der Waals surface area (Å²) >= 11 is 5.93. The molecular weight excluding hydrogens is 392 g/mol. The Morgan fingerprint density at radius 2 is 1.90 bits per heavy atom. The van der Waals surface area contributed by atoms with Gasteiger partial charge in [0.2, 0.25) is 0 Å². The molecule has 3 aromatic rings. The highest BCUT2D eigenvalue weighted by atomic mass is 35.5. The summed E-state index contributed by atoms with van der Waals surface area (Å²) in [4.78, 5) is 25.1. The summed E-state index contributed by atoms with van der Waals surface area (Å²) in [5, 5.41) is 7.39. The third-order valence-electron chi connectivity index (χ3n) is 4.11. The molecule has 0 fully saturated rings. The molecule has 0 aliphatic heterocycles. The van der Waals surface area contributed by atoms with E-state index in [0.29, 0.717) is 45.5 Å². The van der Waals surface area contributed by atoms with Crippen LogP contribution in [-0.4, -0.2) is 23.6 Å². The Morgan fingerprint density at radius 3 is 2.59 bits per heavy atom. The minimum absolute atomic E-state index is 0.240. The van der Waals surface area contributed by atoms with Crippen molar-refractivity contribution in [3.05, 3.63) is 70.4 Å². The largest absolute Gasteiger partial charge is 0.462 e. The fourth-order valence-corrected chi connectivity index (χ4v) is 2.81. The highest BCUT2D eigenvalue weighted by Crippen LogP contribution is 2.27. The Morgan fingerprint density at radius 1 is 1.17 bits per heavy atom. The van der Waals surface area contributed by atoms with Crippen molar-refractivity contribution in [1.29, 1.82) is 0 Å². The Hall–Kier alpha value is -3.12. The number of aromatic nitrogens is 1. The molecule has 0 aliphatic rings. The smallest absolute Gasteiger partial charge is 0.338 e. The molecule has 3 rings (SSSR count). The van der Waals surface area contributed by atoms with E-state index in [-0.39, 0.29) is 11.8 Å². The van der Waals surface area contributed by atoms with Crippen LogP contribution in [0.5, 0.6) is 0 Å². The summed E-state index contributed by atoms with van der Waals surface area (Å²) in [6, 6.07) is 13.6. The Bertz CT molecular complexity index is 1030. The normalized spacial score (nSPS) is 10.8. The number of nitrogens with zero attached hydrogens (tertiary/aromatic N) is 1. The first-order valence-electron chi connectivity index (χ1n) is 9.16. The molecule has 1 heterocycles. The predicted octanol–water partition coefficient (Wildman–Crippen LogP) is 5.37. The number of benzene rings is 2. The fourth-order valence-electron chi connectivity index (χ4n) is 2.69. The number of hydrogen-bond acceptors (Lipinski definition) is 5. The van der Waals surface area contributed by atoms with Crippen molar-refractivity contribution in [3.8, 4) is 11.3 Å². The highest BCUT2D eigenvalue weighted by molar-refractivity contribution is 6.30. The molecule has 0 bridgehead atoms. The van der Waals surface area contributed by atoms with Gasteiger partial charge in [-0.15, -0.1) is 0 Å². The van der Waals surface area contributed by atoms with E-state index in [1.54, 1.807) is 55.5 Å². The minimum Gasteiger partial charge on any atom is -0.462 e. The molecule has 0 saturated heterocycles. The average Bonchev–Trinajstić information content (AvgIpc) is 3.08. The molecular formula is C22H21ClN2O4. The number of halogens is 1. The standard InChI is InChI=1S/C22H21ClN2O4/c1-13(2)12-28-22(27)16-5-4-6-18(11-16)24-21(26)19-14(3)29-25-20(19)15-7-9-17(23)10-8-15/h4-11,13H,12H2,1-3H3,(H,24,26). The van der Waals surface area contributed by atoms with E-state index in [4.69, 9.17) is 20.9 Å². The van der Waals surface area contributed by atoms with E-state index in [9.17, 15) is 9.59 Å². The van der Waals surface area contributed by atoms with Gasteiger partial charge in [-0.05, 0) is 43.2 Å². The van der Waals surface area contributed by atoms with Crippen molar-refractivity contribution in [3.63, 3.8) is 0 Å². The lowest BCUT2D eigenvalue weighted by molar-refractivity contribution is 0.0459. The molecule has 0 saturated carbocycles. The molecule has 0 aliphatic carbocycles. The van der Waals surface area contributed by atoms with Gasteiger partial charge >= 0.3 is 5.97 Å². The summed E-state index contributed by atoms with van der Waals surface area (Å²) in [6.45, 7) is 5.92. The van der Waals surface area contributed by atoms with Crippen LogP contribution in [0.4, 0.5) is 5.69 Å². The first-order valence-corrected chi connectivity index (χ1v) is 9.53. The first-order chi connectivity index (χ1) is 13.8. The number of hydrogen-bond donors (Lipinski definition) is 1. The van der Waals surface area contributed by atoms with E-state index in [1.807, 2.05) is 13.8 Å². The number of carbonyl (C=O) groups excluding carboxylic acids is 2. The van der Waals surface area contributed by atoms with Gasteiger partial charge in [-0.2, -0.15) is 0 Å². The summed E-state index contributed by atoms with van der Waals surface area (Å²) in [7, 11) is 0. The van der Waals surface area contributed by atoms with Crippen LogP contribution in [0.15, 0.2) is 53.1 Å². The van der Waals surface area contributed by atoms with Gasteiger partial charge < -0.3 is 14.6 Å². The third kappa shape index (κ3) is 5.03. The number of amides is 1. The highest BCUT2D eigenvalue weighted by Gasteiger charge is 2.22. The van der Waals surface area contributed by atoms with E-state index in [2.05, 4.69) is 10.5 Å². The number of nitrogens with one attached hydrogen (secondary N) is 1. The van der Waals surface area contributed by atoms with Gasteiger partial charge in [-0.3, -0.25) is 4.79 Å². The SMILES string of the molecule is Cc1onc(-c2ccc(Cl)cc2)c1C(=O)Nc1cccc(C(=O)OCC(C)C)c1. The van der Waals surface area contributed by atoms with Crippen LogP contribution in [0.25, 0.3) is 11.3 Å². The van der Waals surface area contributed by atoms with Crippen molar-refractivity contribution < 1.29 is 18.8 Å². The Labute approximate surface area is 173 Å². The van der Waals surface area contributed by atoms with Gasteiger partial charge in [0.1, 0.15) is 17.0 Å². The maximum Gasteiger partial charge on any atom is 0.338 e. The number of anilines is 1. The van der Waals surface area contributed by atoms with Crippen LogP contribution < -0.4 is 5.32 Å². The van der Waals surface area contributed by atoms with Crippen LogP contribution in [-0.2, 0) is 4.74 Å². The van der Waals surface area contributed by atoms with Gasteiger partial charge in [-0.1, -0.05) is 48.8 Å². The molecule has 1 amide bonds. The molecule has 1 N–H and O–H groups in total. The van der Waals surface area contributed by atoms with Crippen molar-refractivity contribution in [1.82, 2.24) is 5.16 Å². The van der Waals surface area contributed by atoms with E-state index in [1.165, 1.54) is 0 Å². The van der Waals surface area contributed by atoms with Crippen molar-refractivity contribution in [2.24, 2.45) is 5.92 Å². The van der Waals surface area contributed by atoms with Gasteiger partial charge in [0.25, 0.3) is 5.91 Å². The maximum atomic E-state index is 12.9. The summed E-state index contributed by atoms with van der Waals surface area (Å²) < 4.78 is 10.5. The van der Waals surface area contributed by atoms with Gasteiger partial charge in [0.15, 0.2) is 0 Å². The van der Waals surface area contributed by atoms with Crippen molar-refractivity contribution in [2.45, 2.75) is 20.8 Å². The number of carbonyl (C=O) groups is 2. The molecule has 7 heteroatoms. The molecule has 0 unspecified atom stereocenters. The molecule has 150 valence electrons. The minimum atomic E-state index is -0.433. The quantitative estimate of drug-likeness (QED) is 0.550. The molecule has 6 nitrogen and oxygen atoms in total. The van der Waals surface area contributed by atoms with Crippen molar-refractivity contribution in [2.75, 3.05) is 11.9 Å². The Balaban J connectivity index is 1.81. The first kappa shape index (κ1) is 20.6. The molecule has 29 heavy (non-hydrogen) atoms. The topological polar surface area (TPSA) is 81.4 Å². The lowest BCUT2D eigenvalue weighted by atomic mass is 10.1. The zero-order chi connectivity index (χ0) is 21.0. The number of ether oxygens (including phenoxy) is 1. The fraction of sp³-hybridized carbons (Fsp3) is 0.227. The summed E-state index contributed by atoms with van der Waals surface area (Å²) in [6.07, 6.45) is 0. The van der Waals surface area contributed by atoms with E-state index in [0.717, 1.165) is 0 Å². The van der Waals surface area contributed by atoms with Gasteiger partial charge in [-0.25, -0.2) is 4.79 Å². The van der Waals surface area contributed by atoms with Gasteiger partial charge in [0, 0.05) is 16.3 Å². The lowest BCUT2D eigenvalue weighted by Gasteiger charge is -2.09. The second-order valence-electron chi connectivity index (χ2n) is 7.00. The molecule has 2 aromatic carbocycles. The number of rotatable bonds is 6. The van der Waals surface area contributed by atoms with Crippen LogP contribution in [0, 0.1) is 12.8 Å². The zero-order valence-corrected chi connectivity index (χ0v) is 17.1.